The van der Waals surface area contributed by atoms with E-state index in [1.165, 1.54) is 11.1 Å². The highest BCUT2D eigenvalue weighted by atomic mass is 15.1. The maximum absolute atomic E-state index is 8.96. The van der Waals surface area contributed by atoms with Gasteiger partial charge in [-0.15, -0.1) is 0 Å². The molecule has 3 rings (SSSR count). The van der Waals surface area contributed by atoms with Crippen molar-refractivity contribution in [2.24, 2.45) is 7.05 Å². The minimum absolute atomic E-state index is 0.658. The molecule has 1 aromatic heterocycles. The normalized spacial score (nSPS) is 10.7. The second-order valence-electron chi connectivity index (χ2n) is 5.39. The van der Waals surface area contributed by atoms with Gasteiger partial charge in [0.15, 0.2) is 0 Å². The van der Waals surface area contributed by atoms with Crippen molar-refractivity contribution in [3.8, 4) is 6.07 Å². The fraction of sp³-hybridized carbons (Fsp3) is 0.222. The predicted molar refractivity (Wildman–Crippen MR) is 84.0 cm³/mol. The second kappa shape index (κ2) is 5.41. The molecule has 3 aromatic rings. The Bertz CT molecular complexity index is 820. The van der Waals surface area contributed by atoms with Gasteiger partial charge < -0.3 is 4.57 Å². The zero-order valence-electron chi connectivity index (χ0n) is 12.3. The van der Waals surface area contributed by atoms with E-state index in [1.54, 1.807) is 0 Å². The van der Waals surface area contributed by atoms with Gasteiger partial charge in [0.1, 0.15) is 5.82 Å². The maximum atomic E-state index is 8.96. The molecule has 0 saturated heterocycles. The Kier molecular flexibility index (Phi) is 3.45. The third kappa shape index (κ3) is 2.66. The van der Waals surface area contributed by atoms with E-state index >= 15 is 0 Å². The molecule has 0 saturated carbocycles. The van der Waals surface area contributed by atoms with Crippen molar-refractivity contribution in [1.29, 1.82) is 5.26 Å². The molecule has 0 aliphatic heterocycles. The van der Waals surface area contributed by atoms with E-state index in [0.29, 0.717) is 5.56 Å². The van der Waals surface area contributed by atoms with Crippen molar-refractivity contribution in [3.63, 3.8) is 0 Å². The molecule has 0 unspecified atom stereocenters. The maximum Gasteiger partial charge on any atom is 0.109 e. The highest BCUT2D eigenvalue weighted by Gasteiger charge is 2.08. The summed E-state index contributed by atoms with van der Waals surface area (Å²) < 4.78 is 2.12. The van der Waals surface area contributed by atoms with Crippen LogP contribution in [0, 0.1) is 18.3 Å². The summed E-state index contributed by atoms with van der Waals surface area (Å²) in [6.45, 7) is 2.10. The number of hydrogen-bond acceptors (Lipinski definition) is 2. The van der Waals surface area contributed by atoms with Crippen LogP contribution < -0.4 is 0 Å². The molecule has 0 spiro atoms. The van der Waals surface area contributed by atoms with E-state index in [4.69, 9.17) is 5.26 Å². The Morgan fingerprint density at radius 2 is 1.86 bits per heavy atom. The second-order valence-corrected chi connectivity index (χ2v) is 5.39. The Labute approximate surface area is 124 Å². The molecular weight excluding hydrogens is 258 g/mol. The summed E-state index contributed by atoms with van der Waals surface area (Å²) in [5.41, 5.74) is 5.24. The number of nitrogens with zero attached hydrogens (tertiary/aromatic N) is 3. The summed E-state index contributed by atoms with van der Waals surface area (Å²) in [5, 5.41) is 8.96. The highest BCUT2D eigenvalue weighted by molar-refractivity contribution is 5.77. The molecule has 0 fully saturated rings. The molecule has 1 heterocycles. The highest BCUT2D eigenvalue weighted by Crippen LogP contribution is 2.18. The van der Waals surface area contributed by atoms with Crippen molar-refractivity contribution < 1.29 is 0 Å². The number of imidazole rings is 1. The number of nitriles is 1. The average molecular weight is 275 g/mol. The van der Waals surface area contributed by atoms with Crippen LogP contribution in [-0.2, 0) is 19.9 Å². The van der Waals surface area contributed by atoms with Gasteiger partial charge in [-0.3, -0.25) is 0 Å². The fourth-order valence-electron chi connectivity index (χ4n) is 2.55. The molecule has 2 aromatic carbocycles. The zero-order valence-corrected chi connectivity index (χ0v) is 12.3. The minimum atomic E-state index is 0.658. The Morgan fingerprint density at radius 3 is 2.57 bits per heavy atom. The van der Waals surface area contributed by atoms with Crippen molar-refractivity contribution in [2.45, 2.75) is 19.8 Å². The Morgan fingerprint density at radius 1 is 1.10 bits per heavy atom. The molecular formula is C18H17N3. The molecule has 104 valence electrons. The summed E-state index contributed by atoms with van der Waals surface area (Å²) in [7, 11) is 2.03. The summed E-state index contributed by atoms with van der Waals surface area (Å²) in [6, 6.07) is 16.5. The van der Waals surface area contributed by atoms with E-state index in [1.807, 2.05) is 25.2 Å². The number of rotatable bonds is 3. The van der Waals surface area contributed by atoms with Crippen molar-refractivity contribution in [3.05, 3.63) is 65.0 Å². The molecule has 0 aliphatic rings. The predicted octanol–water partition coefficient (Wildman–Crippen LogP) is 3.54. The summed E-state index contributed by atoms with van der Waals surface area (Å²) in [6.07, 6.45) is 1.87. The lowest BCUT2D eigenvalue weighted by atomic mass is 10.1. The van der Waals surface area contributed by atoms with Crippen LogP contribution in [-0.4, -0.2) is 9.55 Å². The van der Waals surface area contributed by atoms with Gasteiger partial charge in [0, 0.05) is 13.5 Å². The molecule has 0 radical (unpaired) electrons. The largest absolute Gasteiger partial charge is 0.331 e. The SMILES string of the molecule is Cc1ccc(CCc2nc3cc(C#N)ccc3n2C)cc1. The fourth-order valence-corrected chi connectivity index (χ4v) is 2.55. The monoisotopic (exact) mass is 275 g/mol. The first-order chi connectivity index (χ1) is 10.2. The number of aryl methyl sites for hydroxylation is 4. The van der Waals surface area contributed by atoms with Crippen LogP contribution in [0.3, 0.4) is 0 Å². The summed E-state index contributed by atoms with van der Waals surface area (Å²) in [5.74, 6) is 1.06. The number of fused-ring (bicyclic) bond motifs is 1. The van der Waals surface area contributed by atoms with Gasteiger partial charge in [0.25, 0.3) is 0 Å². The van der Waals surface area contributed by atoms with E-state index < -0.39 is 0 Å². The van der Waals surface area contributed by atoms with Crippen molar-refractivity contribution >= 4 is 11.0 Å². The van der Waals surface area contributed by atoms with Gasteiger partial charge in [0.05, 0.1) is 22.7 Å². The van der Waals surface area contributed by atoms with Gasteiger partial charge in [-0.1, -0.05) is 29.8 Å². The number of aromatic nitrogens is 2. The van der Waals surface area contributed by atoms with E-state index in [9.17, 15) is 0 Å². The van der Waals surface area contributed by atoms with Crippen LogP contribution in [0.2, 0.25) is 0 Å². The molecule has 0 N–H and O–H groups in total. The summed E-state index contributed by atoms with van der Waals surface area (Å²) in [4.78, 5) is 4.67. The van der Waals surface area contributed by atoms with E-state index in [-0.39, 0.29) is 0 Å². The first kappa shape index (κ1) is 13.4. The quantitative estimate of drug-likeness (QED) is 0.733. The van der Waals surface area contributed by atoms with E-state index in [0.717, 1.165) is 29.7 Å². The Hall–Kier alpha value is -2.60. The summed E-state index contributed by atoms with van der Waals surface area (Å²) >= 11 is 0. The van der Waals surface area contributed by atoms with Crippen LogP contribution in [0.25, 0.3) is 11.0 Å². The molecule has 3 heteroatoms. The van der Waals surface area contributed by atoms with Crippen LogP contribution >= 0.6 is 0 Å². The van der Waals surface area contributed by atoms with Crippen molar-refractivity contribution in [2.75, 3.05) is 0 Å². The zero-order chi connectivity index (χ0) is 14.8. The first-order valence-electron chi connectivity index (χ1n) is 7.08. The number of hydrogen-bond donors (Lipinski definition) is 0. The van der Waals surface area contributed by atoms with Gasteiger partial charge in [-0.25, -0.2) is 4.98 Å². The van der Waals surface area contributed by atoms with Gasteiger partial charge in [-0.05, 0) is 37.1 Å². The first-order valence-corrected chi connectivity index (χ1v) is 7.08. The van der Waals surface area contributed by atoms with Crippen LogP contribution in [0.4, 0.5) is 0 Å². The van der Waals surface area contributed by atoms with Crippen LogP contribution in [0.5, 0.6) is 0 Å². The molecule has 3 nitrogen and oxygen atoms in total. The van der Waals surface area contributed by atoms with Crippen LogP contribution in [0.1, 0.15) is 22.5 Å². The topological polar surface area (TPSA) is 41.6 Å². The molecule has 0 atom stereocenters. The van der Waals surface area contributed by atoms with E-state index in [2.05, 4.69) is 46.8 Å². The standard InChI is InChI=1S/C18H17N3/c1-13-3-5-14(6-4-13)8-10-18-20-16-11-15(12-19)7-9-17(16)21(18)2/h3-7,9,11H,8,10H2,1-2H3. The van der Waals surface area contributed by atoms with Gasteiger partial charge in [0.2, 0.25) is 0 Å². The lowest BCUT2D eigenvalue weighted by molar-refractivity contribution is 0.787. The minimum Gasteiger partial charge on any atom is -0.331 e. The lowest BCUT2D eigenvalue weighted by Gasteiger charge is -2.03. The average Bonchev–Trinajstić information content (AvgIpc) is 2.82. The number of benzene rings is 2. The molecule has 0 amide bonds. The Balaban J connectivity index is 1.85. The molecule has 0 bridgehead atoms. The molecule has 0 aliphatic carbocycles. The van der Waals surface area contributed by atoms with Gasteiger partial charge >= 0.3 is 0 Å². The van der Waals surface area contributed by atoms with Gasteiger partial charge in [-0.2, -0.15) is 5.26 Å². The molecule has 21 heavy (non-hydrogen) atoms. The van der Waals surface area contributed by atoms with Crippen LogP contribution in [0.15, 0.2) is 42.5 Å². The van der Waals surface area contributed by atoms with Crippen molar-refractivity contribution in [1.82, 2.24) is 9.55 Å². The smallest absolute Gasteiger partial charge is 0.109 e. The third-order valence-corrected chi connectivity index (χ3v) is 3.86. The lowest BCUT2D eigenvalue weighted by Crippen LogP contribution is -2.00. The third-order valence-electron chi connectivity index (χ3n) is 3.86.